The molecule has 1 rings (SSSR count). The van der Waals surface area contributed by atoms with E-state index in [1.54, 1.807) is 0 Å². The van der Waals surface area contributed by atoms with Gasteiger partial charge in [-0.1, -0.05) is 0 Å². The molecule has 0 spiro atoms. The Labute approximate surface area is 91.7 Å². The number of ether oxygens (including phenoxy) is 1. The molecule has 1 heterocycles. The van der Waals surface area contributed by atoms with Crippen LogP contribution in [0, 0.1) is 0 Å². The number of likely N-dealkylation sites (N-methyl/N-ethyl adjacent to an activating group) is 1. The summed E-state index contributed by atoms with van der Waals surface area (Å²) in [5, 5.41) is 3.26. The standard InChI is InChI=1S/C11H21N3O/c1-4-15-9-10(12-2)5-6-11-13-7-8-14(11)3/h7-8,10,12H,4-6,9H2,1-3H3. The summed E-state index contributed by atoms with van der Waals surface area (Å²) >= 11 is 0. The monoisotopic (exact) mass is 211 g/mol. The maximum atomic E-state index is 5.40. The van der Waals surface area contributed by atoms with Crippen molar-refractivity contribution < 1.29 is 4.74 Å². The molecule has 4 nitrogen and oxygen atoms in total. The molecule has 0 saturated heterocycles. The molecular formula is C11H21N3O. The van der Waals surface area contributed by atoms with E-state index in [-0.39, 0.29) is 0 Å². The number of rotatable bonds is 7. The van der Waals surface area contributed by atoms with Gasteiger partial charge in [-0.15, -0.1) is 0 Å². The van der Waals surface area contributed by atoms with Crippen molar-refractivity contribution in [1.29, 1.82) is 0 Å². The third-order valence-electron chi connectivity index (χ3n) is 2.57. The number of hydrogen-bond acceptors (Lipinski definition) is 3. The molecule has 86 valence electrons. The zero-order valence-electron chi connectivity index (χ0n) is 9.86. The van der Waals surface area contributed by atoms with Gasteiger partial charge in [-0.05, 0) is 20.4 Å². The van der Waals surface area contributed by atoms with Gasteiger partial charge < -0.3 is 14.6 Å². The Bertz CT molecular complexity index is 273. The Balaban J connectivity index is 2.31. The molecule has 0 aliphatic heterocycles. The molecule has 0 bridgehead atoms. The van der Waals surface area contributed by atoms with Crippen LogP contribution in [0.25, 0.3) is 0 Å². The highest BCUT2D eigenvalue weighted by atomic mass is 16.5. The van der Waals surface area contributed by atoms with E-state index >= 15 is 0 Å². The normalized spacial score (nSPS) is 13.0. The van der Waals surface area contributed by atoms with Crippen molar-refractivity contribution in [1.82, 2.24) is 14.9 Å². The minimum Gasteiger partial charge on any atom is -0.380 e. The van der Waals surface area contributed by atoms with E-state index in [1.165, 1.54) is 0 Å². The molecule has 1 N–H and O–H groups in total. The Kier molecular flexibility index (Phi) is 5.36. The largest absolute Gasteiger partial charge is 0.380 e. The number of nitrogens with one attached hydrogen (secondary N) is 1. The van der Waals surface area contributed by atoms with Gasteiger partial charge in [-0.3, -0.25) is 0 Å². The maximum absolute atomic E-state index is 5.40. The van der Waals surface area contributed by atoms with E-state index in [4.69, 9.17) is 4.74 Å². The first-order valence-electron chi connectivity index (χ1n) is 5.49. The summed E-state index contributed by atoms with van der Waals surface area (Å²) in [5.41, 5.74) is 0. The van der Waals surface area contributed by atoms with Gasteiger partial charge in [-0.2, -0.15) is 0 Å². The van der Waals surface area contributed by atoms with Crippen molar-refractivity contribution in [3.63, 3.8) is 0 Å². The predicted molar refractivity (Wildman–Crippen MR) is 60.9 cm³/mol. The first-order chi connectivity index (χ1) is 7.27. The van der Waals surface area contributed by atoms with Crippen molar-refractivity contribution in [3.8, 4) is 0 Å². The second-order valence-electron chi connectivity index (χ2n) is 3.64. The highest BCUT2D eigenvalue weighted by Crippen LogP contribution is 2.02. The fourth-order valence-corrected chi connectivity index (χ4v) is 1.51. The summed E-state index contributed by atoms with van der Waals surface area (Å²) < 4.78 is 7.46. The predicted octanol–water partition coefficient (Wildman–Crippen LogP) is 0.977. The summed E-state index contributed by atoms with van der Waals surface area (Å²) in [7, 11) is 4.00. The van der Waals surface area contributed by atoms with Gasteiger partial charge in [0.25, 0.3) is 0 Å². The molecule has 0 aromatic carbocycles. The van der Waals surface area contributed by atoms with Gasteiger partial charge >= 0.3 is 0 Å². The van der Waals surface area contributed by atoms with Crippen molar-refractivity contribution in [3.05, 3.63) is 18.2 Å². The van der Waals surface area contributed by atoms with Gasteiger partial charge in [0.1, 0.15) is 5.82 Å². The molecule has 0 saturated carbocycles. The minimum absolute atomic E-state index is 0.418. The number of aryl methyl sites for hydroxylation is 2. The van der Waals surface area contributed by atoms with Crippen LogP contribution in [0.4, 0.5) is 0 Å². The summed E-state index contributed by atoms with van der Waals surface area (Å²) in [6.45, 7) is 3.57. The topological polar surface area (TPSA) is 39.1 Å². The Hall–Kier alpha value is -0.870. The fourth-order valence-electron chi connectivity index (χ4n) is 1.51. The molecule has 1 unspecified atom stereocenters. The average molecular weight is 211 g/mol. The Morgan fingerprint density at radius 1 is 1.60 bits per heavy atom. The van der Waals surface area contributed by atoms with Gasteiger partial charge in [0.2, 0.25) is 0 Å². The van der Waals surface area contributed by atoms with E-state index in [0.29, 0.717) is 6.04 Å². The summed E-state index contributed by atoms with van der Waals surface area (Å²) in [6.07, 6.45) is 5.86. The van der Waals surface area contributed by atoms with Crippen LogP contribution in [-0.4, -0.2) is 35.9 Å². The summed E-state index contributed by atoms with van der Waals surface area (Å²) in [4.78, 5) is 4.30. The van der Waals surface area contributed by atoms with Crippen LogP contribution in [0.3, 0.4) is 0 Å². The minimum atomic E-state index is 0.418. The van der Waals surface area contributed by atoms with Gasteiger partial charge in [0.05, 0.1) is 6.61 Å². The molecule has 0 fully saturated rings. The zero-order valence-corrected chi connectivity index (χ0v) is 9.86. The molecule has 4 heteroatoms. The summed E-state index contributed by atoms with van der Waals surface area (Å²) in [6, 6.07) is 0.418. The van der Waals surface area contributed by atoms with Crippen LogP contribution in [0.1, 0.15) is 19.2 Å². The molecule has 1 aromatic heterocycles. The van der Waals surface area contributed by atoms with Gasteiger partial charge in [0.15, 0.2) is 0 Å². The lowest BCUT2D eigenvalue weighted by atomic mass is 10.1. The van der Waals surface area contributed by atoms with Crippen molar-refractivity contribution in [2.45, 2.75) is 25.8 Å². The maximum Gasteiger partial charge on any atom is 0.108 e. The van der Waals surface area contributed by atoms with Gasteiger partial charge in [0, 0.05) is 38.5 Å². The van der Waals surface area contributed by atoms with E-state index < -0.39 is 0 Å². The van der Waals surface area contributed by atoms with Crippen LogP contribution < -0.4 is 5.32 Å². The molecule has 1 atom stereocenters. The Morgan fingerprint density at radius 3 is 2.93 bits per heavy atom. The second kappa shape index (κ2) is 6.58. The van der Waals surface area contributed by atoms with Crippen molar-refractivity contribution in [2.75, 3.05) is 20.3 Å². The molecular weight excluding hydrogens is 190 g/mol. The third kappa shape index (κ3) is 4.01. The zero-order chi connectivity index (χ0) is 11.1. The lowest BCUT2D eigenvalue weighted by Gasteiger charge is -2.15. The fraction of sp³-hybridized carbons (Fsp3) is 0.727. The highest BCUT2D eigenvalue weighted by Gasteiger charge is 2.07. The van der Waals surface area contributed by atoms with Crippen LogP contribution in [0.5, 0.6) is 0 Å². The summed E-state index contributed by atoms with van der Waals surface area (Å²) in [5.74, 6) is 1.13. The van der Waals surface area contributed by atoms with Crippen molar-refractivity contribution in [2.24, 2.45) is 7.05 Å². The molecule has 0 aliphatic carbocycles. The second-order valence-corrected chi connectivity index (χ2v) is 3.64. The van der Waals surface area contributed by atoms with E-state index in [2.05, 4.69) is 14.9 Å². The van der Waals surface area contributed by atoms with Crippen LogP contribution in [-0.2, 0) is 18.2 Å². The van der Waals surface area contributed by atoms with Crippen LogP contribution >= 0.6 is 0 Å². The lowest BCUT2D eigenvalue weighted by molar-refractivity contribution is 0.122. The highest BCUT2D eigenvalue weighted by molar-refractivity contribution is 4.91. The van der Waals surface area contributed by atoms with Crippen LogP contribution in [0.2, 0.25) is 0 Å². The number of imidazole rings is 1. The average Bonchev–Trinajstić information content (AvgIpc) is 2.65. The first-order valence-corrected chi connectivity index (χ1v) is 5.49. The molecule has 1 aromatic rings. The number of hydrogen-bond donors (Lipinski definition) is 1. The van der Waals surface area contributed by atoms with Crippen LogP contribution in [0.15, 0.2) is 12.4 Å². The molecule has 15 heavy (non-hydrogen) atoms. The quantitative estimate of drug-likeness (QED) is 0.730. The lowest BCUT2D eigenvalue weighted by Crippen LogP contribution is -2.31. The Morgan fingerprint density at radius 2 is 2.40 bits per heavy atom. The number of nitrogens with zero attached hydrogens (tertiary/aromatic N) is 2. The third-order valence-corrected chi connectivity index (χ3v) is 2.57. The van der Waals surface area contributed by atoms with Crippen molar-refractivity contribution >= 4 is 0 Å². The van der Waals surface area contributed by atoms with E-state index in [9.17, 15) is 0 Å². The smallest absolute Gasteiger partial charge is 0.108 e. The SMILES string of the molecule is CCOCC(CCc1nccn1C)NC. The first kappa shape index (κ1) is 12.2. The molecule has 0 radical (unpaired) electrons. The molecule has 0 aliphatic rings. The molecule has 0 amide bonds. The van der Waals surface area contributed by atoms with E-state index in [1.807, 2.05) is 33.4 Å². The number of aromatic nitrogens is 2. The van der Waals surface area contributed by atoms with Gasteiger partial charge in [-0.25, -0.2) is 4.98 Å². The van der Waals surface area contributed by atoms with E-state index in [0.717, 1.165) is 31.9 Å².